The summed E-state index contributed by atoms with van der Waals surface area (Å²) in [5.41, 5.74) is 7.61. The monoisotopic (exact) mass is 244 g/mol. The van der Waals surface area contributed by atoms with E-state index in [4.69, 9.17) is 0 Å². The average molecular weight is 244 g/mol. The van der Waals surface area contributed by atoms with E-state index >= 15 is 0 Å². The van der Waals surface area contributed by atoms with Gasteiger partial charge in [0.1, 0.15) is 0 Å². The van der Waals surface area contributed by atoms with Crippen LogP contribution in [0.25, 0.3) is 0 Å². The fourth-order valence-electron chi connectivity index (χ4n) is 2.75. The molecule has 1 aliphatic carbocycles. The Labute approximate surface area is 107 Å². The lowest BCUT2D eigenvalue weighted by Gasteiger charge is -2.41. The van der Waals surface area contributed by atoms with Crippen LogP contribution >= 0.6 is 9.24 Å². The Morgan fingerprint density at radius 1 is 1.00 bits per heavy atom. The lowest BCUT2D eigenvalue weighted by molar-refractivity contribution is 0.332. The molecule has 0 aromatic heterocycles. The molecule has 0 fully saturated rings. The van der Waals surface area contributed by atoms with Crippen molar-refractivity contribution in [3.8, 4) is 11.6 Å². The van der Waals surface area contributed by atoms with Crippen molar-refractivity contribution in [1.82, 2.24) is 0 Å². The van der Waals surface area contributed by atoms with Crippen LogP contribution in [0.5, 0.6) is 0 Å². The van der Waals surface area contributed by atoms with E-state index < -0.39 is 0 Å². The molecule has 0 radical (unpaired) electrons. The van der Waals surface area contributed by atoms with Crippen LogP contribution in [0.1, 0.15) is 57.2 Å². The van der Waals surface area contributed by atoms with Crippen molar-refractivity contribution in [3.63, 3.8) is 0 Å². The van der Waals surface area contributed by atoms with Crippen molar-refractivity contribution in [2.75, 3.05) is 0 Å². The second kappa shape index (κ2) is 4.15. The molecule has 1 aliphatic rings. The normalized spacial score (nSPS) is 20.1. The van der Waals surface area contributed by atoms with E-state index in [1.807, 2.05) is 0 Å². The zero-order valence-electron chi connectivity index (χ0n) is 11.2. The number of fused-ring (bicyclic) bond motifs is 1. The van der Waals surface area contributed by atoms with Gasteiger partial charge in [-0.1, -0.05) is 54.6 Å². The van der Waals surface area contributed by atoms with E-state index in [0.29, 0.717) is 5.41 Å². The Hall–Kier alpha value is -0.790. The highest BCUT2D eigenvalue weighted by atomic mass is 31.0. The molecule has 0 aliphatic heterocycles. The van der Waals surface area contributed by atoms with Gasteiger partial charge in [0, 0.05) is 5.56 Å². The van der Waals surface area contributed by atoms with Crippen molar-refractivity contribution in [1.29, 1.82) is 0 Å². The zero-order chi connectivity index (χ0) is 12.7. The Balaban J connectivity index is 2.62. The fraction of sp³-hybridized carbons (Fsp3) is 0.500. The molecular formula is C16H21P. The number of hydrogen-bond donors (Lipinski definition) is 0. The molecular weight excluding hydrogens is 223 g/mol. The van der Waals surface area contributed by atoms with Gasteiger partial charge in [-0.05, 0) is 46.9 Å². The Morgan fingerprint density at radius 2 is 1.59 bits per heavy atom. The van der Waals surface area contributed by atoms with Crippen LogP contribution in [0.4, 0.5) is 0 Å². The summed E-state index contributed by atoms with van der Waals surface area (Å²) in [5, 5.41) is 0. The minimum Gasteiger partial charge on any atom is -0.0781 e. The predicted octanol–water partition coefficient (Wildman–Crippen LogP) is 4.22. The second-order valence-corrected chi connectivity index (χ2v) is 6.59. The molecule has 0 spiro atoms. The van der Waals surface area contributed by atoms with Gasteiger partial charge in [0.05, 0.1) is 0 Å². The summed E-state index contributed by atoms with van der Waals surface area (Å²) in [6, 6.07) is 6.72. The highest BCUT2D eigenvalue weighted by Crippen LogP contribution is 2.45. The van der Waals surface area contributed by atoms with E-state index in [1.54, 1.807) is 0 Å². The maximum Gasteiger partial charge on any atom is 0.0251 e. The summed E-state index contributed by atoms with van der Waals surface area (Å²) < 4.78 is 0. The summed E-state index contributed by atoms with van der Waals surface area (Å²) in [6.45, 7) is 9.39. The molecule has 0 heterocycles. The molecule has 0 nitrogen and oxygen atoms in total. The Kier molecular flexibility index (Phi) is 3.09. The van der Waals surface area contributed by atoms with Crippen molar-refractivity contribution >= 4 is 9.24 Å². The third-order valence-electron chi connectivity index (χ3n) is 4.07. The SMILES string of the molecule is CC1(C)CCC(C)(C)c2cc(C#CP)ccc21. The van der Waals surface area contributed by atoms with Crippen molar-refractivity contribution in [2.45, 2.75) is 51.4 Å². The molecule has 1 unspecified atom stereocenters. The molecule has 0 amide bonds. The van der Waals surface area contributed by atoms with Crippen LogP contribution in [-0.2, 0) is 10.8 Å². The van der Waals surface area contributed by atoms with Gasteiger partial charge in [0.2, 0.25) is 0 Å². The quantitative estimate of drug-likeness (QED) is 0.473. The van der Waals surface area contributed by atoms with E-state index in [9.17, 15) is 0 Å². The summed E-state index contributed by atoms with van der Waals surface area (Å²) in [4.78, 5) is 0. The first-order valence-electron chi connectivity index (χ1n) is 6.23. The third kappa shape index (κ3) is 2.27. The summed E-state index contributed by atoms with van der Waals surface area (Å²) in [5.74, 6) is 3.14. The smallest absolute Gasteiger partial charge is 0.0251 e. The van der Waals surface area contributed by atoms with Gasteiger partial charge in [0.15, 0.2) is 0 Å². The first-order valence-corrected chi connectivity index (χ1v) is 6.81. The average Bonchev–Trinajstić information content (AvgIpc) is 2.26. The van der Waals surface area contributed by atoms with Crippen LogP contribution in [0.15, 0.2) is 18.2 Å². The number of rotatable bonds is 0. The molecule has 90 valence electrons. The minimum atomic E-state index is 0.281. The van der Waals surface area contributed by atoms with Gasteiger partial charge in [-0.25, -0.2) is 0 Å². The van der Waals surface area contributed by atoms with Crippen molar-refractivity contribution in [2.24, 2.45) is 0 Å². The fourth-order valence-corrected chi connectivity index (χ4v) is 2.92. The first-order chi connectivity index (χ1) is 7.87. The number of hydrogen-bond acceptors (Lipinski definition) is 0. The second-order valence-electron chi connectivity index (χ2n) is 6.30. The zero-order valence-corrected chi connectivity index (χ0v) is 12.4. The lowest BCUT2D eigenvalue weighted by Crippen LogP contribution is -2.33. The molecule has 0 bridgehead atoms. The highest BCUT2D eigenvalue weighted by Gasteiger charge is 2.36. The highest BCUT2D eigenvalue weighted by molar-refractivity contribution is 7.23. The summed E-state index contributed by atoms with van der Waals surface area (Å²) >= 11 is 0. The predicted molar refractivity (Wildman–Crippen MR) is 78.3 cm³/mol. The van der Waals surface area contributed by atoms with E-state index in [1.165, 1.54) is 24.0 Å². The van der Waals surface area contributed by atoms with Gasteiger partial charge in [0.25, 0.3) is 0 Å². The van der Waals surface area contributed by atoms with Gasteiger partial charge >= 0.3 is 0 Å². The molecule has 0 N–H and O–H groups in total. The van der Waals surface area contributed by atoms with Crippen molar-refractivity contribution in [3.05, 3.63) is 34.9 Å². The lowest BCUT2D eigenvalue weighted by atomic mass is 9.63. The minimum absolute atomic E-state index is 0.281. The van der Waals surface area contributed by atoms with Crippen LogP contribution in [0.2, 0.25) is 0 Å². The largest absolute Gasteiger partial charge is 0.0781 e. The standard InChI is InChI=1S/C16H21P/c1-15(2)8-9-16(3,4)14-11-12(7-10-17)5-6-13(14)15/h5-6,11H,8-9,17H2,1-4H3. The molecule has 0 saturated heterocycles. The van der Waals surface area contributed by atoms with Gasteiger partial charge in [-0.15, -0.1) is 0 Å². The number of benzene rings is 1. The molecule has 1 heteroatoms. The maximum absolute atomic E-state index is 3.14. The molecule has 1 atom stereocenters. The van der Waals surface area contributed by atoms with Crippen LogP contribution in [-0.4, -0.2) is 0 Å². The summed E-state index contributed by atoms with van der Waals surface area (Å²) in [7, 11) is 2.46. The Morgan fingerprint density at radius 3 is 2.18 bits per heavy atom. The molecule has 0 saturated carbocycles. The molecule has 17 heavy (non-hydrogen) atoms. The van der Waals surface area contributed by atoms with Crippen molar-refractivity contribution < 1.29 is 0 Å². The van der Waals surface area contributed by atoms with Gasteiger partial charge in [-0.2, -0.15) is 0 Å². The summed E-state index contributed by atoms with van der Waals surface area (Å²) in [6.07, 6.45) is 2.52. The molecule has 1 aromatic rings. The molecule has 1 aromatic carbocycles. The first kappa shape index (κ1) is 12.7. The van der Waals surface area contributed by atoms with Crippen LogP contribution in [0, 0.1) is 11.6 Å². The van der Waals surface area contributed by atoms with Gasteiger partial charge in [-0.3, -0.25) is 0 Å². The van der Waals surface area contributed by atoms with Gasteiger partial charge < -0.3 is 0 Å². The van der Waals surface area contributed by atoms with Crippen LogP contribution in [0.3, 0.4) is 0 Å². The van der Waals surface area contributed by atoms with E-state index in [2.05, 4.69) is 66.7 Å². The Bertz CT molecular complexity index is 498. The van der Waals surface area contributed by atoms with E-state index in [0.717, 1.165) is 5.56 Å². The van der Waals surface area contributed by atoms with Crippen LogP contribution < -0.4 is 0 Å². The third-order valence-corrected chi connectivity index (χ3v) is 4.21. The molecule has 2 rings (SSSR count). The maximum atomic E-state index is 3.14. The van der Waals surface area contributed by atoms with E-state index in [-0.39, 0.29) is 5.41 Å². The topological polar surface area (TPSA) is 0 Å².